The van der Waals surface area contributed by atoms with E-state index in [9.17, 15) is 4.39 Å². The minimum Gasteiger partial charge on any atom is -0.486 e. The maximum absolute atomic E-state index is 13.5. The number of benzene rings is 2. The fraction of sp³-hybridized carbons (Fsp3) is 0.143. The zero-order valence-electron chi connectivity index (χ0n) is 9.80. The summed E-state index contributed by atoms with van der Waals surface area (Å²) in [4.78, 5) is 0. The van der Waals surface area contributed by atoms with Crippen LogP contribution in [0.5, 0.6) is 5.75 Å². The summed E-state index contributed by atoms with van der Waals surface area (Å²) >= 11 is 10.3. The molecule has 1 nitrogen and oxygen atoms in total. The van der Waals surface area contributed by atoms with Crippen molar-refractivity contribution >= 4 is 47.8 Å². The Bertz CT molecular complexity index is 564. The van der Waals surface area contributed by atoms with E-state index in [0.29, 0.717) is 11.3 Å². The highest BCUT2D eigenvalue weighted by Crippen LogP contribution is 2.35. The highest BCUT2D eigenvalue weighted by atomic mass is 79.9. The molecule has 2 aromatic rings. The molecule has 0 saturated carbocycles. The number of alkyl halides is 1. The van der Waals surface area contributed by atoms with Crippen LogP contribution in [0.25, 0.3) is 0 Å². The van der Waals surface area contributed by atoms with Gasteiger partial charge in [-0.3, -0.25) is 0 Å². The van der Waals surface area contributed by atoms with E-state index < -0.39 is 0 Å². The van der Waals surface area contributed by atoms with E-state index in [1.165, 1.54) is 6.07 Å². The van der Waals surface area contributed by atoms with Crippen LogP contribution >= 0.6 is 47.8 Å². The van der Waals surface area contributed by atoms with Crippen molar-refractivity contribution in [1.29, 1.82) is 0 Å². The second-order valence-corrected chi connectivity index (χ2v) is 6.17. The standard InChI is InChI=1S/C14H10Br3FO/c15-7-9-5-11(16)14(12(17)6-9)19-8-10-3-1-2-4-13(10)18/h1-6H,7-8H2. The van der Waals surface area contributed by atoms with Gasteiger partial charge in [0, 0.05) is 10.9 Å². The van der Waals surface area contributed by atoms with Crippen molar-refractivity contribution in [1.82, 2.24) is 0 Å². The number of hydrogen-bond acceptors (Lipinski definition) is 1. The van der Waals surface area contributed by atoms with Crippen molar-refractivity contribution in [2.24, 2.45) is 0 Å². The van der Waals surface area contributed by atoms with E-state index in [-0.39, 0.29) is 12.4 Å². The van der Waals surface area contributed by atoms with Gasteiger partial charge in [0.25, 0.3) is 0 Å². The molecular weight excluding hydrogens is 443 g/mol. The summed E-state index contributed by atoms with van der Waals surface area (Å²) in [6, 6.07) is 10.5. The highest BCUT2D eigenvalue weighted by molar-refractivity contribution is 9.11. The van der Waals surface area contributed by atoms with E-state index >= 15 is 0 Å². The lowest BCUT2D eigenvalue weighted by molar-refractivity contribution is 0.296. The molecule has 0 aromatic heterocycles. The Kier molecular flexibility index (Phi) is 5.42. The molecule has 0 aliphatic rings. The van der Waals surface area contributed by atoms with Crippen LogP contribution in [-0.2, 0) is 11.9 Å². The van der Waals surface area contributed by atoms with Gasteiger partial charge in [0.05, 0.1) is 8.95 Å². The normalized spacial score (nSPS) is 10.5. The van der Waals surface area contributed by atoms with E-state index in [1.54, 1.807) is 18.2 Å². The lowest BCUT2D eigenvalue weighted by Gasteiger charge is -2.12. The maximum Gasteiger partial charge on any atom is 0.148 e. The molecule has 0 radical (unpaired) electrons. The van der Waals surface area contributed by atoms with Gasteiger partial charge in [-0.05, 0) is 55.6 Å². The van der Waals surface area contributed by atoms with Crippen LogP contribution < -0.4 is 4.74 Å². The molecule has 0 amide bonds. The van der Waals surface area contributed by atoms with Gasteiger partial charge < -0.3 is 4.74 Å². The first kappa shape index (κ1) is 15.0. The Hall–Kier alpha value is -0.390. The SMILES string of the molecule is Fc1ccccc1COc1c(Br)cc(CBr)cc1Br. The van der Waals surface area contributed by atoms with Crippen LogP contribution in [0.1, 0.15) is 11.1 Å². The summed E-state index contributed by atoms with van der Waals surface area (Å²) in [5, 5.41) is 0.762. The van der Waals surface area contributed by atoms with Gasteiger partial charge in [0.2, 0.25) is 0 Å². The minimum atomic E-state index is -0.258. The molecule has 0 atom stereocenters. The first-order chi connectivity index (χ1) is 9.11. The number of ether oxygens (including phenoxy) is 1. The lowest BCUT2D eigenvalue weighted by atomic mass is 10.2. The molecule has 0 aliphatic heterocycles. The third kappa shape index (κ3) is 3.80. The molecule has 0 unspecified atom stereocenters. The summed E-state index contributed by atoms with van der Waals surface area (Å²) in [6.45, 7) is 0.192. The molecule has 100 valence electrons. The van der Waals surface area contributed by atoms with Crippen LogP contribution in [0.4, 0.5) is 4.39 Å². The van der Waals surface area contributed by atoms with E-state index in [0.717, 1.165) is 19.8 Å². The Morgan fingerprint density at radius 3 is 2.26 bits per heavy atom. The van der Waals surface area contributed by atoms with Gasteiger partial charge in [0.15, 0.2) is 0 Å². The molecule has 19 heavy (non-hydrogen) atoms. The molecule has 0 aliphatic carbocycles. The molecule has 0 saturated heterocycles. The van der Waals surface area contributed by atoms with Crippen molar-refractivity contribution in [2.75, 3.05) is 0 Å². The highest BCUT2D eigenvalue weighted by Gasteiger charge is 2.10. The maximum atomic E-state index is 13.5. The van der Waals surface area contributed by atoms with Crippen LogP contribution in [0.3, 0.4) is 0 Å². The predicted octanol–water partition coefficient (Wildman–Crippen LogP) is 5.82. The fourth-order valence-electron chi connectivity index (χ4n) is 1.59. The predicted molar refractivity (Wildman–Crippen MR) is 85.2 cm³/mol. The van der Waals surface area contributed by atoms with Gasteiger partial charge in [-0.1, -0.05) is 34.1 Å². The average molecular weight is 453 g/mol. The summed E-state index contributed by atoms with van der Waals surface area (Å²) in [6.07, 6.45) is 0. The molecular formula is C14H10Br3FO. The van der Waals surface area contributed by atoms with Crippen molar-refractivity contribution in [3.63, 3.8) is 0 Å². The van der Waals surface area contributed by atoms with Crippen LogP contribution in [0.15, 0.2) is 45.3 Å². The average Bonchev–Trinajstić information content (AvgIpc) is 2.39. The van der Waals surface area contributed by atoms with E-state index in [4.69, 9.17) is 4.74 Å². The summed E-state index contributed by atoms with van der Waals surface area (Å²) in [5.41, 5.74) is 1.66. The largest absolute Gasteiger partial charge is 0.486 e. The molecule has 0 spiro atoms. The summed E-state index contributed by atoms with van der Waals surface area (Å²) in [7, 11) is 0. The van der Waals surface area contributed by atoms with Crippen molar-refractivity contribution in [3.8, 4) is 5.75 Å². The monoisotopic (exact) mass is 450 g/mol. The van der Waals surface area contributed by atoms with Crippen molar-refractivity contribution < 1.29 is 9.13 Å². The number of rotatable bonds is 4. The summed E-state index contributed by atoms with van der Waals surface area (Å²) in [5.74, 6) is 0.416. The third-order valence-corrected chi connectivity index (χ3v) is 4.37. The van der Waals surface area contributed by atoms with Gasteiger partial charge in [-0.25, -0.2) is 4.39 Å². The van der Waals surface area contributed by atoms with Crippen LogP contribution in [0, 0.1) is 5.82 Å². The number of hydrogen-bond donors (Lipinski definition) is 0. The second kappa shape index (κ2) is 6.86. The first-order valence-electron chi connectivity index (χ1n) is 5.52. The molecule has 0 heterocycles. The van der Waals surface area contributed by atoms with Crippen molar-refractivity contribution in [3.05, 3.63) is 62.3 Å². The van der Waals surface area contributed by atoms with Gasteiger partial charge in [-0.2, -0.15) is 0 Å². The van der Waals surface area contributed by atoms with Gasteiger partial charge >= 0.3 is 0 Å². The van der Waals surface area contributed by atoms with E-state index in [2.05, 4.69) is 47.8 Å². The Labute approximate surface area is 136 Å². The first-order valence-corrected chi connectivity index (χ1v) is 8.22. The minimum absolute atomic E-state index is 0.192. The summed E-state index contributed by atoms with van der Waals surface area (Å²) < 4.78 is 20.9. The Balaban J connectivity index is 2.18. The molecule has 0 bridgehead atoms. The molecule has 5 heteroatoms. The fourth-order valence-corrected chi connectivity index (χ4v) is 3.43. The van der Waals surface area contributed by atoms with Crippen LogP contribution in [0.2, 0.25) is 0 Å². The third-order valence-electron chi connectivity index (χ3n) is 2.54. The smallest absolute Gasteiger partial charge is 0.148 e. The quantitative estimate of drug-likeness (QED) is 0.531. The van der Waals surface area contributed by atoms with Crippen LogP contribution in [-0.4, -0.2) is 0 Å². The molecule has 0 fully saturated rings. The Morgan fingerprint density at radius 1 is 1.05 bits per heavy atom. The van der Waals surface area contributed by atoms with Crippen molar-refractivity contribution in [2.45, 2.75) is 11.9 Å². The molecule has 0 N–H and O–H groups in total. The van der Waals surface area contributed by atoms with E-state index in [1.807, 2.05) is 12.1 Å². The zero-order valence-corrected chi connectivity index (χ0v) is 14.6. The Morgan fingerprint density at radius 2 is 1.68 bits per heavy atom. The van der Waals surface area contributed by atoms with Gasteiger partial charge in [0.1, 0.15) is 18.2 Å². The molecule has 2 aromatic carbocycles. The lowest BCUT2D eigenvalue weighted by Crippen LogP contribution is -1.99. The zero-order chi connectivity index (χ0) is 13.8. The topological polar surface area (TPSA) is 9.23 Å². The van der Waals surface area contributed by atoms with Gasteiger partial charge in [-0.15, -0.1) is 0 Å². The second-order valence-electron chi connectivity index (χ2n) is 3.90. The molecule has 2 rings (SSSR count). The number of halogens is 4.